The van der Waals surface area contributed by atoms with E-state index in [0.29, 0.717) is 20.2 Å². The van der Waals surface area contributed by atoms with Crippen LogP contribution in [0.25, 0.3) is 0 Å². The maximum Gasteiger partial charge on any atom is 0.124 e. The summed E-state index contributed by atoms with van der Waals surface area (Å²) in [4.78, 5) is 4.33. The molecule has 0 saturated heterocycles. The van der Waals surface area contributed by atoms with Crippen LogP contribution >= 0.6 is 31.9 Å². The highest BCUT2D eigenvalue weighted by Crippen LogP contribution is 2.37. The third kappa shape index (κ3) is 3.36. The van der Waals surface area contributed by atoms with Crippen molar-refractivity contribution in [1.82, 2.24) is 0 Å². The van der Waals surface area contributed by atoms with Gasteiger partial charge >= 0.3 is 0 Å². The lowest BCUT2D eigenvalue weighted by molar-refractivity contribution is 0.473. The van der Waals surface area contributed by atoms with Crippen LogP contribution in [-0.2, 0) is 0 Å². The Morgan fingerprint density at radius 1 is 1.05 bits per heavy atom. The molecule has 0 spiro atoms. The van der Waals surface area contributed by atoms with Crippen molar-refractivity contribution in [2.45, 2.75) is 6.92 Å². The molecule has 0 atom stereocenters. The van der Waals surface area contributed by atoms with Crippen molar-refractivity contribution in [1.29, 1.82) is 0 Å². The van der Waals surface area contributed by atoms with Crippen molar-refractivity contribution in [3.8, 4) is 11.5 Å². The number of halogens is 2. The zero-order chi connectivity index (χ0) is 14.0. The van der Waals surface area contributed by atoms with E-state index in [9.17, 15) is 10.2 Å². The van der Waals surface area contributed by atoms with E-state index in [0.717, 1.165) is 5.56 Å². The van der Waals surface area contributed by atoms with Crippen LogP contribution in [0.3, 0.4) is 0 Å². The van der Waals surface area contributed by atoms with E-state index in [2.05, 4.69) is 36.9 Å². The molecule has 2 rings (SSSR count). The minimum Gasteiger partial charge on any atom is -0.508 e. The molecule has 19 heavy (non-hydrogen) atoms. The summed E-state index contributed by atoms with van der Waals surface area (Å²) in [6.07, 6.45) is 1.59. The molecule has 0 radical (unpaired) electrons. The van der Waals surface area contributed by atoms with Gasteiger partial charge in [-0.3, -0.25) is 4.99 Å². The zero-order valence-corrected chi connectivity index (χ0v) is 13.2. The average Bonchev–Trinajstić information content (AvgIpc) is 2.32. The first-order chi connectivity index (χ1) is 8.97. The molecule has 0 aliphatic rings. The molecule has 3 nitrogen and oxygen atoms in total. The average molecular weight is 385 g/mol. The molecule has 2 aromatic rings. The van der Waals surface area contributed by atoms with Crippen molar-refractivity contribution < 1.29 is 10.2 Å². The number of benzene rings is 2. The number of aliphatic imine (C=N–C) groups is 1. The van der Waals surface area contributed by atoms with Gasteiger partial charge in [0.05, 0.1) is 5.69 Å². The Hall–Kier alpha value is -1.33. The van der Waals surface area contributed by atoms with E-state index in [1.54, 1.807) is 24.4 Å². The number of phenolic OH excluding ortho intramolecular Hbond substituents is 2. The summed E-state index contributed by atoms with van der Waals surface area (Å²) in [7, 11) is 0. The number of aryl methyl sites for hydroxylation is 1. The summed E-state index contributed by atoms with van der Waals surface area (Å²) in [6.45, 7) is 1.95. The predicted octanol–water partition coefficient (Wildman–Crippen LogP) is 4.68. The van der Waals surface area contributed by atoms with Crippen molar-refractivity contribution in [2.75, 3.05) is 0 Å². The second-order valence-corrected chi connectivity index (χ2v) is 5.79. The Morgan fingerprint density at radius 3 is 2.32 bits per heavy atom. The van der Waals surface area contributed by atoms with Crippen molar-refractivity contribution >= 4 is 43.8 Å². The number of hydrogen-bond donors (Lipinski definition) is 2. The summed E-state index contributed by atoms with van der Waals surface area (Å²) in [5, 5.41) is 19.2. The molecule has 0 bridgehead atoms. The molecule has 0 aliphatic carbocycles. The van der Waals surface area contributed by atoms with E-state index >= 15 is 0 Å². The standard InChI is InChI=1S/C14H11Br2NO2/c1-8-2-3-13(19)9(4-8)7-17-14-11(15)5-10(18)6-12(14)16/h2-7,18-19H,1H3. The lowest BCUT2D eigenvalue weighted by Crippen LogP contribution is -1.84. The molecule has 2 aromatic carbocycles. The molecule has 0 saturated carbocycles. The minimum absolute atomic E-state index is 0.149. The summed E-state index contributed by atoms with van der Waals surface area (Å²) < 4.78 is 1.34. The van der Waals surface area contributed by atoms with Crippen LogP contribution in [0.15, 0.2) is 44.3 Å². The van der Waals surface area contributed by atoms with Gasteiger partial charge in [0, 0.05) is 20.7 Å². The summed E-state index contributed by atoms with van der Waals surface area (Å²) >= 11 is 6.68. The highest BCUT2D eigenvalue weighted by molar-refractivity contribution is 9.11. The summed E-state index contributed by atoms with van der Waals surface area (Å²) in [5.41, 5.74) is 2.34. The second-order valence-electron chi connectivity index (χ2n) is 4.08. The molecule has 0 aromatic heterocycles. The second kappa shape index (κ2) is 5.75. The fraction of sp³-hybridized carbons (Fsp3) is 0.0714. The van der Waals surface area contributed by atoms with Crippen LogP contribution in [0.4, 0.5) is 5.69 Å². The Kier molecular flexibility index (Phi) is 4.27. The molecule has 0 heterocycles. The van der Waals surface area contributed by atoms with E-state index < -0.39 is 0 Å². The third-order valence-corrected chi connectivity index (χ3v) is 3.73. The van der Waals surface area contributed by atoms with Crippen molar-refractivity contribution in [3.05, 3.63) is 50.4 Å². The van der Waals surface area contributed by atoms with E-state index in [1.807, 2.05) is 19.1 Å². The smallest absolute Gasteiger partial charge is 0.124 e. The first-order valence-corrected chi connectivity index (χ1v) is 7.07. The van der Waals surface area contributed by atoms with Crippen LogP contribution in [0.5, 0.6) is 11.5 Å². The topological polar surface area (TPSA) is 52.8 Å². The van der Waals surface area contributed by atoms with Gasteiger partial charge in [-0.15, -0.1) is 0 Å². The minimum atomic E-state index is 0.149. The SMILES string of the molecule is Cc1ccc(O)c(C=Nc2c(Br)cc(O)cc2Br)c1. The molecule has 0 unspecified atom stereocenters. The maximum atomic E-state index is 9.74. The number of hydrogen-bond acceptors (Lipinski definition) is 3. The van der Waals surface area contributed by atoms with Crippen LogP contribution in [0, 0.1) is 6.92 Å². The van der Waals surface area contributed by atoms with Gasteiger partial charge in [0.1, 0.15) is 11.5 Å². The fourth-order valence-corrected chi connectivity index (χ4v) is 2.95. The largest absolute Gasteiger partial charge is 0.508 e. The van der Waals surface area contributed by atoms with Gasteiger partial charge in [-0.25, -0.2) is 0 Å². The summed E-state index contributed by atoms with van der Waals surface area (Å²) in [5.74, 6) is 0.330. The monoisotopic (exact) mass is 383 g/mol. The van der Waals surface area contributed by atoms with Gasteiger partial charge < -0.3 is 10.2 Å². The molecular formula is C14H11Br2NO2. The quantitative estimate of drug-likeness (QED) is 0.738. The Morgan fingerprint density at radius 2 is 1.68 bits per heavy atom. The highest BCUT2D eigenvalue weighted by atomic mass is 79.9. The Labute approximate surface area is 127 Å². The molecular weight excluding hydrogens is 374 g/mol. The van der Waals surface area contributed by atoms with Crippen LogP contribution < -0.4 is 0 Å². The molecule has 98 valence electrons. The highest BCUT2D eigenvalue weighted by Gasteiger charge is 2.06. The van der Waals surface area contributed by atoms with Gasteiger partial charge in [-0.2, -0.15) is 0 Å². The third-order valence-electron chi connectivity index (χ3n) is 2.52. The van der Waals surface area contributed by atoms with Crippen LogP contribution in [-0.4, -0.2) is 16.4 Å². The van der Waals surface area contributed by atoms with E-state index in [-0.39, 0.29) is 11.5 Å². The molecule has 2 N–H and O–H groups in total. The normalized spacial score (nSPS) is 11.1. The number of phenols is 2. The van der Waals surface area contributed by atoms with Gasteiger partial charge in [0.25, 0.3) is 0 Å². The first kappa shape index (κ1) is 14.1. The lowest BCUT2D eigenvalue weighted by atomic mass is 10.1. The summed E-state index contributed by atoms with van der Waals surface area (Å²) in [6, 6.07) is 8.44. The van der Waals surface area contributed by atoms with Crippen molar-refractivity contribution in [3.63, 3.8) is 0 Å². The maximum absolute atomic E-state index is 9.74. The van der Waals surface area contributed by atoms with E-state index in [4.69, 9.17) is 0 Å². The van der Waals surface area contributed by atoms with Crippen LogP contribution in [0.1, 0.15) is 11.1 Å². The Bertz CT molecular complexity index is 631. The van der Waals surface area contributed by atoms with Gasteiger partial charge in [-0.05, 0) is 63.0 Å². The van der Waals surface area contributed by atoms with Crippen LogP contribution in [0.2, 0.25) is 0 Å². The number of nitrogens with zero attached hydrogens (tertiary/aromatic N) is 1. The first-order valence-electron chi connectivity index (χ1n) is 5.49. The molecule has 0 aliphatic heterocycles. The van der Waals surface area contributed by atoms with Gasteiger partial charge in [0.15, 0.2) is 0 Å². The zero-order valence-electron chi connectivity index (χ0n) is 10.1. The van der Waals surface area contributed by atoms with Crippen molar-refractivity contribution in [2.24, 2.45) is 4.99 Å². The molecule has 0 amide bonds. The van der Waals surface area contributed by atoms with Gasteiger partial charge in [-0.1, -0.05) is 11.6 Å². The fourth-order valence-electron chi connectivity index (χ4n) is 1.59. The molecule has 5 heteroatoms. The number of rotatable bonds is 2. The lowest BCUT2D eigenvalue weighted by Gasteiger charge is -2.04. The Balaban J connectivity index is 2.41. The predicted molar refractivity (Wildman–Crippen MR) is 83.6 cm³/mol. The van der Waals surface area contributed by atoms with E-state index in [1.165, 1.54) is 0 Å². The molecule has 0 fully saturated rings. The number of aromatic hydroxyl groups is 2. The van der Waals surface area contributed by atoms with Gasteiger partial charge in [0.2, 0.25) is 0 Å².